The topological polar surface area (TPSA) is 44.8 Å². The Balaban J connectivity index is 1.69. The number of anilines is 1. The fourth-order valence-electron chi connectivity index (χ4n) is 3.27. The van der Waals surface area contributed by atoms with Crippen molar-refractivity contribution in [3.63, 3.8) is 0 Å². The van der Waals surface area contributed by atoms with E-state index in [4.69, 9.17) is 16.3 Å². The summed E-state index contributed by atoms with van der Waals surface area (Å²) in [5, 5.41) is 4.14. The van der Waals surface area contributed by atoms with E-state index in [9.17, 15) is 4.79 Å². The average Bonchev–Trinajstić information content (AvgIpc) is 2.68. The van der Waals surface area contributed by atoms with E-state index >= 15 is 0 Å². The van der Waals surface area contributed by atoms with Crippen LogP contribution in [0.4, 0.5) is 5.69 Å². The van der Waals surface area contributed by atoms with Gasteiger partial charge in [0.25, 0.3) is 0 Å². The van der Waals surface area contributed by atoms with Crippen molar-refractivity contribution in [3.8, 4) is 0 Å². The third-order valence-corrected chi connectivity index (χ3v) is 4.88. The maximum atomic E-state index is 11.8. The zero-order chi connectivity index (χ0) is 18.4. The van der Waals surface area contributed by atoms with E-state index in [0.717, 1.165) is 31.2 Å². The maximum absolute atomic E-state index is 11.8. The number of hydrogen-bond donors (Lipinski definition) is 1. The minimum Gasteiger partial charge on any atom is -0.463 e. The van der Waals surface area contributed by atoms with Gasteiger partial charge in [-0.3, -0.25) is 4.90 Å². The molecule has 1 fully saturated rings. The minimum absolute atomic E-state index is 0.323. The summed E-state index contributed by atoms with van der Waals surface area (Å²) in [6, 6.07) is 7.94. The molecule has 1 atom stereocenters. The van der Waals surface area contributed by atoms with Gasteiger partial charge in [-0.05, 0) is 55.6 Å². The number of hydrogen-bond acceptors (Lipinski definition) is 5. The largest absolute Gasteiger partial charge is 0.463 e. The molecular weight excluding hydrogens is 350 g/mol. The summed E-state index contributed by atoms with van der Waals surface area (Å²) in [6.07, 6.45) is 11.3. The zero-order valence-corrected chi connectivity index (χ0v) is 15.7. The number of piperazine rings is 1. The van der Waals surface area contributed by atoms with Crippen molar-refractivity contribution in [2.45, 2.75) is 12.6 Å². The first-order valence-corrected chi connectivity index (χ1v) is 9.24. The number of ether oxygens (including phenoxy) is 1. The highest BCUT2D eigenvalue weighted by atomic mass is 35.5. The van der Waals surface area contributed by atoms with Gasteiger partial charge in [0.1, 0.15) is 5.66 Å². The van der Waals surface area contributed by atoms with Crippen LogP contribution in [-0.4, -0.2) is 49.3 Å². The number of nitrogens with zero attached hydrogens (tertiary/aromatic N) is 2. The van der Waals surface area contributed by atoms with Crippen molar-refractivity contribution in [2.24, 2.45) is 0 Å². The minimum atomic E-state index is -0.506. The fourth-order valence-corrected chi connectivity index (χ4v) is 3.39. The standard InChI is InChI=1S/C20H24ClN3O2/c1-2-26-19(25)9-11-20(10-3-4-12-22-20)24-15-13-23(14-16-24)18-7-5-17(21)6-8-18/h3-12,22H,2,13-16H2,1H3/b11-9+. The molecule has 0 spiro atoms. The summed E-state index contributed by atoms with van der Waals surface area (Å²) in [5.74, 6) is -0.323. The second-order valence-corrected chi connectivity index (χ2v) is 6.66. The van der Waals surface area contributed by atoms with E-state index < -0.39 is 5.66 Å². The molecule has 5 nitrogen and oxygen atoms in total. The lowest BCUT2D eigenvalue weighted by Gasteiger charge is -2.46. The molecule has 1 aromatic rings. The molecule has 6 heteroatoms. The van der Waals surface area contributed by atoms with Gasteiger partial charge in [0, 0.05) is 43.0 Å². The van der Waals surface area contributed by atoms with Crippen LogP contribution in [0.5, 0.6) is 0 Å². The predicted molar refractivity (Wildman–Crippen MR) is 105 cm³/mol. The highest BCUT2D eigenvalue weighted by molar-refractivity contribution is 6.30. The van der Waals surface area contributed by atoms with E-state index in [-0.39, 0.29) is 5.97 Å². The fraction of sp³-hybridized carbons (Fsp3) is 0.350. The number of allylic oxidation sites excluding steroid dienone is 2. The molecule has 1 saturated heterocycles. The van der Waals surface area contributed by atoms with E-state index in [2.05, 4.69) is 33.3 Å². The Hall–Kier alpha value is -2.24. The molecular formula is C20H24ClN3O2. The third-order valence-electron chi connectivity index (χ3n) is 4.63. The average molecular weight is 374 g/mol. The van der Waals surface area contributed by atoms with Crippen LogP contribution in [0, 0.1) is 0 Å². The monoisotopic (exact) mass is 373 g/mol. The Morgan fingerprint density at radius 2 is 1.96 bits per heavy atom. The molecule has 0 amide bonds. The van der Waals surface area contributed by atoms with Gasteiger partial charge in [-0.2, -0.15) is 0 Å². The van der Waals surface area contributed by atoms with Gasteiger partial charge in [0.15, 0.2) is 0 Å². The molecule has 0 aromatic heterocycles. The molecule has 0 bridgehead atoms. The van der Waals surface area contributed by atoms with E-state index in [1.165, 1.54) is 11.8 Å². The SMILES string of the molecule is CCOC(=O)/C=C/C1(N2CCN(c3ccc(Cl)cc3)CC2)C=CC=CN1. The molecule has 1 aromatic carbocycles. The lowest BCUT2D eigenvalue weighted by Crippen LogP contribution is -2.61. The quantitative estimate of drug-likeness (QED) is 0.635. The lowest BCUT2D eigenvalue weighted by atomic mass is 10.0. The van der Waals surface area contributed by atoms with Crippen LogP contribution in [0.1, 0.15) is 6.92 Å². The van der Waals surface area contributed by atoms with Gasteiger partial charge in [0.05, 0.1) is 6.61 Å². The van der Waals surface area contributed by atoms with Crippen LogP contribution in [0.3, 0.4) is 0 Å². The van der Waals surface area contributed by atoms with Gasteiger partial charge < -0.3 is 15.0 Å². The maximum Gasteiger partial charge on any atom is 0.330 e. The number of rotatable bonds is 5. The first kappa shape index (κ1) is 18.5. The molecule has 1 unspecified atom stereocenters. The summed E-state index contributed by atoms with van der Waals surface area (Å²) in [4.78, 5) is 16.4. The smallest absolute Gasteiger partial charge is 0.330 e. The van der Waals surface area contributed by atoms with Crippen molar-refractivity contribution in [3.05, 3.63) is 65.9 Å². The van der Waals surface area contributed by atoms with E-state index in [1.807, 2.05) is 36.6 Å². The Labute approximate surface area is 159 Å². The number of dihydropyridines is 1. The highest BCUT2D eigenvalue weighted by Gasteiger charge is 2.34. The van der Waals surface area contributed by atoms with Crippen LogP contribution in [0.25, 0.3) is 0 Å². The van der Waals surface area contributed by atoms with Crippen LogP contribution in [0.2, 0.25) is 5.02 Å². The first-order valence-electron chi connectivity index (χ1n) is 8.86. The van der Waals surface area contributed by atoms with E-state index in [0.29, 0.717) is 6.61 Å². The molecule has 138 valence electrons. The van der Waals surface area contributed by atoms with Gasteiger partial charge in [-0.1, -0.05) is 17.7 Å². The molecule has 1 N–H and O–H groups in total. The van der Waals surface area contributed by atoms with Crippen molar-refractivity contribution in [1.82, 2.24) is 10.2 Å². The third kappa shape index (κ3) is 4.29. The summed E-state index contributed by atoms with van der Waals surface area (Å²) in [6.45, 7) is 5.70. The molecule has 3 rings (SSSR count). The second kappa shape index (κ2) is 8.43. The van der Waals surface area contributed by atoms with E-state index in [1.54, 1.807) is 6.92 Å². The Kier molecular flexibility index (Phi) is 6.01. The zero-order valence-electron chi connectivity index (χ0n) is 14.9. The summed E-state index contributed by atoms with van der Waals surface area (Å²) < 4.78 is 5.02. The van der Waals surface area contributed by atoms with Crippen LogP contribution in [0.15, 0.2) is 60.8 Å². The first-order chi connectivity index (χ1) is 12.6. The Morgan fingerprint density at radius 1 is 1.23 bits per heavy atom. The highest BCUT2D eigenvalue weighted by Crippen LogP contribution is 2.24. The lowest BCUT2D eigenvalue weighted by molar-refractivity contribution is -0.137. The van der Waals surface area contributed by atoms with Gasteiger partial charge in [0.2, 0.25) is 0 Å². The summed E-state index contributed by atoms with van der Waals surface area (Å²) in [7, 11) is 0. The molecule has 2 aliphatic heterocycles. The van der Waals surface area contributed by atoms with Crippen molar-refractivity contribution >= 4 is 23.3 Å². The van der Waals surface area contributed by atoms with Crippen LogP contribution >= 0.6 is 11.6 Å². The molecule has 2 aliphatic rings. The van der Waals surface area contributed by atoms with Crippen molar-refractivity contribution < 1.29 is 9.53 Å². The van der Waals surface area contributed by atoms with Gasteiger partial charge >= 0.3 is 5.97 Å². The second-order valence-electron chi connectivity index (χ2n) is 6.22. The van der Waals surface area contributed by atoms with Gasteiger partial charge in [-0.15, -0.1) is 0 Å². The summed E-state index contributed by atoms with van der Waals surface area (Å²) in [5.41, 5.74) is 0.672. The van der Waals surface area contributed by atoms with Crippen LogP contribution in [-0.2, 0) is 9.53 Å². The number of halogens is 1. The number of benzene rings is 1. The molecule has 0 saturated carbocycles. The molecule has 0 aliphatic carbocycles. The summed E-state index contributed by atoms with van der Waals surface area (Å²) >= 11 is 5.98. The molecule has 2 heterocycles. The number of esters is 1. The van der Waals surface area contributed by atoms with Crippen molar-refractivity contribution in [2.75, 3.05) is 37.7 Å². The number of carbonyl (C=O) groups is 1. The van der Waals surface area contributed by atoms with Gasteiger partial charge in [-0.25, -0.2) is 4.79 Å². The normalized spacial score (nSPS) is 23.2. The number of nitrogens with one attached hydrogen (secondary N) is 1. The Morgan fingerprint density at radius 3 is 2.58 bits per heavy atom. The molecule has 26 heavy (non-hydrogen) atoms. The Bertz CT molecular complexity index is 706. The predicted octanol–water partition coefficient (Wildman–Crippen LogP) is 2.95. The van der Waals surface area contributed by atoms with Crippen molar-refractivity contribution in [1.29, 1.82) is 0 Å². The molecule has 0 radical (unpaired) electrons. The van der Waals surface area contributed by atoms with Crippen LogP contribution < -0.4 is 10.2 Å². The number of carbonyl (C=O) groups excluding carboxylic acids is 1.